The maximum Gasteiger partial charge on any atom is 0.182 e. The average Bonchev–Trinajstić information content (AvgIpc) is 2.98. The molecule has 6 heteroatoms. The summed E-state index contributed by atoms with van der Waals surface area (Å²) in [5, 5.41) is 12.2. The first kappa shape index (κ1) is 15.3. The number of anilines is 1. The third kappa shape index (κ3) is 2.99. The molecule has 0 fully saturated rings. The monoisotopic (exact) mass is 289 g/mol. The molecule has 0 spiro atoms. The summed E-state index contributed by atoms with van der Waals surface area (Å²) in [5.41, 5.74) is 7.37. The van der Waals surface area contributed by atoms with Gasteiger partial charge in [0.1, 0.15) is 5.75 Å². The van der Waals surface area contributed by atoms with Crippen molar-refractivity contribution in [2.45, 2.75) is 39.7 Å². The topological polar surface area (TPSA) is 78.9 Å². The zero-order valence-electron chi connectivity index (χ0n) is 13.1. The summed E-state index contributed by atoms with van der Waals surface area (Å²) in [7, 11) is 1.60. The highest BCUT2D eigenvalue weighted by molar-refractivity contribution is 5.65. The van der Waals surface area contributed by atoms with Crippen molar-refractivity contribution in [1.82, 2.24) is 20.2 Å². The second kappa shape index (κ2) is 6.56. The molecule has 0 aliphatic carbocycles. The standard InChI is InChI=1S/C15H23N5O/c1-5-11(6-2)10(3)20-15(17-18-19-20)12-7-8-13(16)14(9-12)21-4/h7-11H,5-6,16H2,1-4H3. The summed E-state index contributed by atoms with van der Waals surface area (Å²) in [6.07, 6.45) is 2.20. The molecular weight excluding hydrogens is 266 g/mol. The van der Waals surface area contributed by atoms with E-state index in [-0.39, 0.29) is 6.04 Å². The van der Waals surface area contributed by atoms with E-state index in [2.05, 4.69) is 36.3 Å². The Labute approximate surface area is 125 Å². The summed E-state index contributed by atoms with van der Waals surface area (Å²) in [5.74, 6) is 1.92. The molecule has 6 nitrogen and oxygen atoms in total. The van der Waals surface area contributed by atoms with Crippen LogP contribution in [0.3, 0.4) is 0 Å². The molecule has 1 aromatic carbocycles. The second-order valence-corrected chi connectivity index (χ2v) is 5.22. The van der Waals surface area contributed by atoms with Crippen molar-refractivity contribution in [1.29, 1.82) is 0 Å². The molecule has 0 saturated heterocycles. The lowest BCUT2D eigenvalue weighted by atomic mass is 9.95. The van der Waals surface area contributed by atoms with E-state index in [0.717, 1.165) is 24.2 Å². The van der Waals surface area contributed by atoms with Gasteiger partial charge in [-0.2, -0.15) is 0 Å². The van der Waals surface area contributed by atoms with Crippen molar-refractivity contribution >= 4 is 5.69 Å². The molecule has 0 bridgehead atoms. The highest BCUT2D eigenvalue weighted by atomic mass is 16.5. The summed E-state index contributed by atoms with van der Waals surface area (Å²) in [4.78, 5) is 0. The van der Waals surface area contributed by atoms with Crippen LogP contribution in [0.4, 0.5) is 5.69 Å². The molecule has 0 saturated carbocycles. The number of rotatable bonds is 6. The smallest absolute Gasteiger partial charge is 0.182 e. The van der Waals surface area contributed by atoms with Crippen molar-refractivity contribution in [3.05, 3.63) is 18.2 Å². The molecule has 2 aromatic rings. The molecule has 2 rings (SSSR count). The number of nitrogen functional groups attached to an aromatic ring is 1. The van der Waals surface area contributed by atoms with Crippen LogP contribution in [0.15, 0.2) is 18.2 Å². The van der Waals surface area contributed by atoms with Gasteiger partial charge in [-0.3, -0.25) is 0 Å². The minimum atomic E-state index is 0.244. The molecule has 114 valence electrons. The summed E-state index contributed by atoms with van der Waals surface area (Å²) in [6, 6.07) is 5.85. The van der Waals surface area contributed by atoms with Crippen LogP contribution in [0.5, 0.6) is 5.75 Å². The molecule has 1 unspecified atom stereocenters. The van der Waals surface area contributed by atoms with Crippen LogP contribution in [0.2, 0.25) is 0 Å². The Morgan fingerprint density at radius 1 is 1.29 bits per heavy atom. The number of ether oxygens (including phenoxy) is 1. The van der Waals surface area contributed by atoms with E-state index < -0.39 is 0 Å². The van der Waals surface area contributed by atoms with Gasteiger partial charge in [-0.15, -0.1) is 5.10 Å². The zero-order chi connectivity index (χ0) is 15.4. The van der Waals surface area contributed by atoms with Crippen molar-refractivity contribution in [2.24, 2.45) is 5.92 Å². The molecule has 21 heavy (non-hydrogen) atoms. The van der Waals surface area contributed by atoms with E-state index >= 15 is 0 Å². The lowest BCUT2D eigenvalue weighted by molar-refractivity contribution is 0.309. The van der Waals surface area contributed by atoms with Crippen LogP contribution < -0.4 is 10.5 Å². The van der Waals surface area contributed by atoms with Crippen LogP contribution in [0, 0.1) is 5.92 Å². The van der Waals surface area contributed by atoms with Gasteiger partial charge in [0.25, 0.3) is 0 Å². The van der Waals surface area contributed by atoms with Gasteiger partial charge >= 0.3 is 0 Å². The third-order valence-corrected chi connectivity index (χ3v) is 4.10. The highest BCUT2D eigenvalue weighted by Gasteiger charge is 2.21. The molecule has 0 radical (unpaired) electrons. The Kier molecular flexibility index (Phi) is 4.77. The molecule has 0 amide bonds. The predicted octanol–water partition coefficient (Wildman–Crippen LogP) is 2.93. The molecular formula is C15H23N5O. The maximum atomic E-state index is 5.86. The molecule has 1 aromatic heterocycles. The average molecular weight is 289 g/mol. The minimum absolute atomic E-state index is 0.244. The zero-order valence-corrected chi connectivity index (χ0v) is 13.1. The van der Waals surface area contributed by atoms with Crippen LogP contribution >= 0.6 is 0 Å². The van der Waals surface area contributed by atoms with Gasteiger partial charge < -0.3 is 10.5 Å². The van der Waals surface area contributed by atoms with Crippen molar-refractivity contribution in [2.75, 3.05) is 12.8 Å². The fourth-order valence-electron chi connectivity index (χ4n) is 2.68. The van der Waals surface area contributed by atoms with Crippen molar-refractivity contribution in [3.63, 3.8) is 0 Å². The number of benzene rings is 1. The van der Waals surface area contributed by atoms with Gasteiger partial charge in [-0.1, -0.05) is 26.7 Å². The Morgan fingerprint density at radius 3 is 2.62 bits per heavy atom. The number of hydrogen-bond donors (Lipinski definition) is 1. The number of methoxy groups -OCH3 is 1. The molecule has 2 N–H and O–H groups in total. The first-order chi connectivity index (χ1) is 10.1. The van der Waals surface area contributed by atoms with Gasteiger partial charge in [0, 0.05) is 5.56 Å². The van der Waals surface area contributed by atoms with Gasteiger partial charge in [0.2, 0.25) is 0 Å². The Morgan fingerprint density at radius 2 is 2.00 bits per heavy atom. The first-order valence-corrected chi connectivity index (χ1v) is 7.34. The largest absolute Gasteiger partial charge is 0.495 e. The Balaban J connectivity index is 2.40. The van der Waals surface area contributed by atoms with Gasteiger partial charge in [-0.25, -0.2) is 4.68 Å². The highest BCUT2D eigenvalue weighted by Crippen LogP contribution is 2.31. The third-order valence-electron chi connectivity index (χ3n) is 4.10. The molecule has 1 heterocycles. The number of hydrogen-bond acceptors (Lipinski definition) is 5. The summed E-state index contributed by atoms with van der Waals surface area (Å²) in [6.45, 7) is 6.55. The van der Waals surface area contributed by atoms with E-state index in [9.17, 15) is 0 Å². The van der Waals surface area contributed by atoms with Gasteiger partial charge in [0.05, 0.1) is 18.8 Å². The fraction of sp³-hybridized carbons (Fsp3) is 0.533. The van der Waals surface area contributed by atoms with Crippen LogP contribution in [0.25, 0.3) is 11.4 Å². The van der Waals surface area contributed by atoms with Crippen LogP contribution in [-0.2, 0) is 0 Å². The SMILES string of the molecule is CCC(CC)C(C)n1nnnc1-c1ccc(N)c(OC)c1. The number of nitrogens with two attached hydrogens (primary N) is 1. The Bertz CT molecular complexity index is 591. The second-order valence-electron chi connectivity index (χ2n) is 5.22. The summed E-state index contributed by atoms with van der Waals surface area (Å²) < 4.78 is 7.16. The number of tetrazole rings is 1. The normalized spacial score (nSPS) is 12.6. The van der Waals surface area contributed by atoms with Gasteiger partial charge in [-0.05, 0) is 41.5 Å². The van der Waals surface area contributed by atoms with Crippen LogP contribution in [-0.4, -0.2) is 27.3 Å². The van der Waals surface area contributed by atoms with E-state index in [0.29, 0.717) is 17.4 Å². The maximum absolute atomic E-state index is 5.86. The number of aromatic nitrogens is 4. The van der Waals surface area contributed by atoms with Crippen LogP contribution in [0.1, 0.15) is 39.7 Å². The minimum Gasteiger partial charge on any atom is -0.495 e. The fourth-order valence-corrected chi connectivity index (χ4v) is 2.68. The predicted molar refractivity (Wildman–Crippen MR) is 83.0 cm³/mol. The van der Waals surface area contributed by atoms with Crippen molar-refractivity contribution in [3.8, 4) is 17.1 Å². The van der Waals surface area contributed by atoms with E-state index in [1.807, 2.05) is 22.9 Å². The van der Waals surface area contributed by atoms with E-state index in [1.54, 1.807) is 7.11 Å². The molecule has 0 aliphatic heterocycles. The quantitative estimate of drug-likeness (QED) is 0.827. The lowest BCUT2D eigenvalue weighted by Gasteiger charge is -2.22. The number of nitrogens with zero attached hydrogens (tertiary/aromatic N) is 4. The first-order valence-electron chi connectivity index (χ1n) is 7.34. The molecule has 0 aliphatic rings. The summed E-state index contributed by atoms with van der Waals surface area (Å²) >= 11 is 0. The van der Waals surface area contributed by atoms with E-state index in [4.69, 9.17) is 10.5 Å². The van der Waals surface area contributed by atoms with Gasteiger partial charge in [0.15, 0.2) is 5.82 Å². The van der Waals surface area contributed by atoms with E-state index in [1.165, 1.54) is 0 Å². The van der Waals surface area contributed by atoms with Crippen molar-refractivity contribution < 1.29 is 4.74 Å². The Hall–Kier alpha value is -2.11. The molecule has 1 atom stereocenters. The lowest BCUT2D eigenvalue weighted by Crippen LogP contribution is -2.18.